The maximum atomic E-state index is 13.3. The van der Waals surface area contributed by atoms with E-state index in [1.165, 1.54) is 23.5 Å². The molecule has 0 spiro atoms. The zero-order valence-corrected chi connectivity index (χ0v) is 12.1. The molecule has 0 atom stereocenters. The fourth-order valence-corrected chi connectivity index (χ4v) is 2.68. The van der Waals surface area contributed by atoms with E-state index in [0.717, 1.165) is 27.9 Å². The summed E-state index contributed by atoms with van der Waals surface area (Å²) in [6.45, 7) is 5.15. The molecule has 0 fully saturated rings. The summed E-state index contributed by atoms with van der Waals surface area (Å²) in [7, 11) is 0. The summed E-state index contributed by atoms with van der Waals surface area (Å²) in [6, 6.07) is 6.46. The van der Waals surface area contributed by atoms with Crippen LogP contribution in [0.15, 0.2) is 30.5 Å². The third-order valence-corrected chi connectivity index (χ3v) is 3.75. The van der Waals surface area contributed by atoms with Crippen LogP contribution in [0.1, 0.15) is 13.8 Å². The Morgan fingerprint density at radius 2 is 2.25 bits per heavy atom. The molecular weight excluding hydrogens is 275 g/mol. The van der Waals surface area contributed by atoms with Crippen molar-refractivity contribution in [2.45, 2.75) is 13.8 Å². The fraction of sp³-hybridized carbons (Fsp3) is 0.286. The van der Waals surface area contributed by atoms with E-state index >= 15 is 0 Å². The van der Waals surface area contributed by atoms with Gasteiger partial charge in [-0.3, -0.25) is 0 Å². The molecule has 3 rings (SSSR count). The topological polar surface area (TPSA) is 42.2 Å². The molecule has 1 aromatic carbocycles. The largest absolute Gasteiger partial charge is 0.360 e. The van der Waals surface area contributed by atoms with Gasteiger partial charge in [0.05, 0.1) is 11.9 Å². The quantitative estimate of drug-likeness (QED) is 0.797. The van der Waals surface area contributed by atoms with Crippen molar-refractivity contribution in [3.05, 3.63) is 36.3 Å². The number of anilines is 1. The second-order valence-electron chi connectivity index (χ2n) is 5.03. The van der Waals surface area contributed by atoms with Crippen molar-refractivity contribution in [3.63, 3.8) is 0 Å². The summed E-state index contributed by atoms with van der Waals surface area (Å²) >= 11 is 1.49. The third kappa shape index (κ3) is 2.51. The van der Waals surface area contributed by atoms with Gasteiger partial charge in [-0.05, 0) is 18.1 Å². The fourth-order valence-electron chi connectivity index (χ4n) is 1.90. The van der Waals surface area contributed by atoms with Gasteiger partial charge in [0.15, 0.2) is 0 Å². The highest BCUT2D eigenvalue weighted by molar-refractivity contribution is 7.20. The van der Waals surface area contributed by atoms with Crippen LogP contribution in [-0.2, 0) is 0 Å². The number of hydrogen-bond acceptors (Lipinski definition) is 4. The number of imidazole rings is 1. The molecule has 1 N–H and O–H groups in total. The van der Waals surface area contributed by atoms with Gasteiger partial charge in [-0.1, -0.05) is 37.3 Å². The normalized spacial score (nSPS) is 11.4. The lowest BCUT2D eigenvalue weighted by molar-refractivity contribution is 0.628. The maximum Gasteiger partial charge on any atom is 0.214 e. The van der Waals surface area contributed by atoms with Crippen LogP contribution in [0.25, 0.3) is 16.2 Å². The van der Waals surface area contributed by atoms with Gasteiger partial charge in [0.25, 0.3) is 0 Å². The van der Waals surface area contributed by atoms with E-state index in [4.69, 9.17) is 0 Å². The van der Waals surface area contributed by atoms with Gasteiger partial charge in [0.1, 0.15) is 5.82 Å². The first-order chi connectivity index (χ1) is 9.63. The van der Waals surface area contributed by atoms with E-state index in [1.807, 2.05) is 6.07 Å². The number of rotatable bonds is 4. The molecule has 6 heteroatoms. The molecule has 0 aliphatic heterocycles. The van der Waals surface area contributed by atoms with Crippen LogP contribution in [0, 0.1) is 11.7 Å². The lowest BCUT2D eigenvalue weighted by atomic mass is 10.2. The van der Waals surface area contributed by atoms with E-state index in [0.29, 0.717) is 5.92 Å². The van der Waals surface area contributed by atoms with Crippen LogP contribution in [0.2, 0.25) is 0 Å². The highest BCUT2D eigenvalue weighted by atomic mass is 32.1. The highest BCUT2D eigenvalue weighted by Gasteiger charge is 2.12. The zero-order valence-electron chi connectivity index (χ0n) is 11.3. The Bertz CT molecular complexity index is 732. The Kier molecular flexibility index (Phi) is 3.40. The molecule has 0 saturated carbocycles. The molecule has 104 valence electrons. The van der Waals surface area contributed by atoms with Gasteiger partial charge in [-0.25, -0.2) is 13.9 Å². The lowest BCUT2D eigenvalue weighted by Gasteiger charge is -2.04. The molecule has 0 aliphatic rings. The Morgan fingerprint density at radius 1 is 1.40 bits per heavy atom. The number of nitrogens with zero attached hydrogens (tertiary/aromatic N) is 3. The predicted molar refractivity (Wildman–Crippen MR) is 79.6 cm³/mol. The van der Waals surface area contributed by atoms with Crippen molar-refractivity contribution in [1.29, 1.82) is 0 Å². The molecule has 4 nitrogen and oxygen atoms in total. The van der Waals surface area contributed by atoms with E-state index in [2.05, 4.69) is 29.2 Å². The van der Waals surface area contributed by atoms with Crippen molar-refractivity contribution in [2.24, 2.45) is 5.92 Å². The smallest absolute Gasteiger partial charge is 0.214 e. The maximum absolute atomic E-state index is 13.3. The first kappa shape index (κ1) is 13.1. The van der Waals surface area contributed by atoms with Gasteiger partial charge >= 0.3 is 0 Å². The minimum absolute atomic E-state index is 0.258. The van der Waals surface area contributed by atoms with Crippen LogP contribution in [0.4, 0.5) is 9.52 Å². The molecule has 2 aromatic heterocycles. The van der Waals surface area contributed by atoms with Crippen LogP contribution in [-0.4, -0.2) is 21.1 Å². The summed E-state index contributed by atoms with van der Waals surface area (Å²) in [5.74, 6) is 0.291. The second-order valence-corrected chi connectivity index (χ2v) is 5.99. The Morgan fingerprint density at radius 3 is 3.00 bits per heavy atom. The average Bonchev–Trinajstić information content (AvgIpc) is 2.95. The molecule has 20 heavy (non-hydrogen) atoms. The Balaban J connectivity index is 1.96. The molecule has 0 unspecified atom stereocenters. The van der Waals surface area contributed by atoms with Crippen molar-refractivity contribution in [1.82, 2.24) is 14.6 Å². The Labute approximate surface area is 120 Å². The molecule has 0 aliphatic carbocycles. The van der Waals surface area contributed by atoms with Crippen LogP contribution < -0.4 is 5.32 Å². The van der Waals surface area contributed by atoms with E-state index in [-0.39, 0.29) is 5.82 Å². The van der Waals surface area contributed by atoms with Crippen LogP contribution >= 0.6 is 11.3 Å². The summed E-state index contributed by atoms with van der Waals surface area (Å²) in [6.07, 6.45) is 1.72. The molecule has 0 saturated heterocycles. The number of hydrogen-bond donors (Lipinski definition) is 1. The average molecular weight is 290 g/mol. The molecule has 0 bridgehead atoms. The van der Waals surface area contributed by atoms with Crippen molar-refractivity contribution < 1.29 is 4.39 Å². The molecule has 0 radical (unpaired) electrons. The van der Waals surface area contributed by atoms with E-state index in [9.17, 15) is 4.39 Å². The van der Waals surface area contributed by atoms with E-state index in [1.54, 1.807) is 16.8 Å². The van der Waals surface area contributed by atoms with Gasteiger partial charge < -0.3 is 5.32 Å². The number of benzene rings is 1. The lowest BCUT2D eigenvalue weighted by Crippen LogP contribution is -2.07. The standard InChI is InChI=1S/C14H15FN4S/c1-9(2)7-16-13-18-19-12(8-17-14(19)20-13)10-4-3-5-11(15)6-10/h3-6,8-9H,7H2,1-2H3,(H,16,18). The summed E-state index contributed by atoms with van der Waals surface area (Å²) in [4.78, 5) is 5.13. The minimum Gasteiger partial charge on any atom is -0.360 e. The van der Waals surface area contributed by atoms with Crippen LogP contribution in [0.5, 0.6) is 0 Å². The number of aromatic nitrogens is 3. The number of nitrogens with one attached hydrogen (secondary N) is 1. The monoisotopic (exact) mass is 290 g/mol. The SMILES string of the molecule is CC(C)CNc1nn2c(-c3cccc(F)c3)cnc2s1. The highest BCUT2D eigenvalue weighted by Crippen LogP contribution is 2.26. The van der Waals surface area contributed by atoms with E-state index < -0.39 is 0 Å². The molecule has 0 amide bonds. The number of fused-ring (bicyclic) bond motifs is 1. The van der Waals surface area contributed by atoms with Gasteiger partial charge in [0, 0.05) is 12.1 Å². The van der Waals surface area contributed by atoms with Crippen molar-refractivity contribution in [3.8, 4) is 11.3 Å². The first-order valence-corrected chi connectivity index (χ1v) is 7.29. The van der Waals surface area contributed by atoms with Gasteiger partial charge in [0.2, 0.25) is 10.1 Å². The minimum atomic E-state index is -0.258. The molecule has 2 heterocycles. The van der Waals surface area contributed by atoms with Gasteiger partial charge in [-0.2, -0.15) is 0 Å². The van der Waals surface area contributed by atoms with Crippen LogP contribution in [0.3, 0.4) is 0 Å². The zero-order chi connectivity index (χ0) is 14.1. The summed E-state index contributed by atoms with van der Waals surface area (Å²) < 4.78 is 15.1. The predicted octanol–water partition coefficient (Wildman–Crippen LogP) is 3.66. The Hall–Kier alpha value is -1.95. The third-order valence-electron chi connectivity index (χ3n) is 2.87. The van der Waals surface area contributed by atoms with Crippen molar-refractivity contribution in [2.75, 3.05) is 11.9 Å². The van der Waals surface area contributed by atoms with Gasteiger partial charge in [-0.15, -0.1) is 5.10 Å². The first-order valence-electron chi connectivity index (χ1n) is 6.48. The number of halogens is 1. The summed E-state index contributed by atoms with van der Waals surface area (Å²) in [5, 5.41) is 8.60. The molecular formula is C14H15FN4S. The summed E-state index contributed by atoms with van der Waals surface area (Å²) in [5.41, 5.74) is 1.58. The van der Waals surface area contributed by atoms with Crippen molar-refractivity contribution >= 4 is 21.4 Å². The second kappa shape index (κ2) is 5.20. The molecule has 3 aromatic rings.